The molecule has 2 aliphatic heterocycles. The van der Waals surface area contributed by atoms with Gasteiger partial charge in [-0.1, -0.05) is 44.8 Å². The Balaban J connectivity index is 0.000000311. The number of ether oxygens (including phenoxy) is 2. The van der Waals surface area contributed by atoms with Crippen molar-refractivity contribution in [3.8, 4) is 0 Å². The summed E-state index contributed by atoms with van der Waals surface area (Å²) >= 11 is 0. The molecule has 0 aromatic heterocycles. The number of rotatable bonds is 8. The minimum atomic E-state index is -1.18. The highest BCUT2D eigenvalue weighted by Gasteiger charge is 2.67. The molecule has 3 fully saturated rings. The number of carbonyl (C=O) groups excluding carboxylic acids is 1. The number of hydrogen-bond donors (Lipinski definition) is 2. The first-order valence-corrected chi connectivity index (χ1v) is 12.7. The molecule has 2 heterocycles. The zero-order valence-corrected chi connectivity index (χ0v) is 22.8. The normalized spacial score (nSPS) is 28.6. The highest BCUT2D eigenvalue weighted by Crippen LogP contribution is 2.58. The summed E-state index contributed by atoms with van der Waals surface area (Å²) < 4.78 is 11.8. The van der Waals surface area contributed by atoms with Gasteiger partial charge in [-0.15, -0.1) is 0 Å². The van der Waals surface area contributed by atoms with Crippen LogP contribution in [-0.4, -0.2) is 91.6 Å². The van der Waals surface area contributed by atoms with Gasteiger partial charge in [0.05, 0.1) is 23.9 Å². The molecule has 2 amide bonds. The Hall–Kier alpha value is -1.64. The van der Waals surface area contributed by atoms with Crippen LogP contribution in [0.1, 0.15) is 73.1 Å². The van der Waals surface area contributed by atoms with E-state index in [-0.39, 0.29) is 23.7 Å². The Bertz CT molecular complexity index is 673. The molecule has 2 saturated heterocycles. The van der Waals surface area contributed by atoms with Gasteiger partial charge in [-0.05, 0) is 54.1 Å². The Labute approximate surface area is 207 Å². The maximum absolute atomic E-state index is 11.2. The lowest BCUT2D eigenvalue weighted by Crippen LogP contribution is -2.40. The molecule has 0 bridgehead atoms. The zero-order chi connectivity index (χ0) is 25.9. The summed E-state index contributed by atoms with van der Waals surface area (Å²) in [6.07, 6.45) is 9.12. The Morgan fingerprint density at radius 1 is 1.15 bits per heavy atom. The van der Waals surface area contributed by atoms with Crippen LogP contribution >= 0.6 is 0 Å². The van der Waals surface area contributed by atoms with Gasteiger partial charge in [0.25, 0.3) is 0 Å². The van der Waals surface area contributed by atoms with Crippen LogP contribution in [0.25, 0.3) is 0 Å². The maximum Gasteiger partial charge on any atom is 0.405 e. The average Bonchev–Trinajstić information content (AvgIpc) is 3.67. The number of carbonyl (C=O) groups is 2. The highest BCUT2D eigenvalue weighted by molar-refractivity contribution is 5.81. The largest absolute Gasteiger partial charge is 0.465 e. The monoisotopic (exact) mass is 483 g/mol. The van der Waals surface area contributed by atoms with Gasteiger partial charge in [0.1, 0.15) is 6.54 Å². The van der Waals surface area contributed by atoms with Crippen molar-refractivity contribution in [1.29, 1.82) is 0 Å². The summed E-state index contributed by atoms with van der Waals surface area (Å²) in [6, 6.07) is 0. The van der Waals surface area contributed by atoms with Crippen LogP contribution < -0.4 is 5.32 Å². The number of hydrogen-bond acceptors (Lipinski definition) is 5. The second-order valence-electron chi connectivity index (χ2n) is 10.4. The van der Waals surface area contributed by atoms with Crippen LogP contribution in [0.15, 0.2) is 11.6 Å². The fourth-order valence-corrected chi connectivity index (χ4v) is 4.42. The van der Waals surface area contributed by atoms with E-state index in [1.54, 1.807) is 7.05 Å². The zero-order valence-electron chi connectivity index (χ0n) is 22.8. The Kier molecular flexibility index (Phi) is 12.6. The third-order valence-electron chi connectivity index (χ3n) is 6.60. The lowest BCUT2D eigenvalue weighted by atomic mass is 9.71. The number of likely N-dealkylation sites (N-methyl/N-ethyl adjacent to an activating group) is 2. The first-order valence-electron chi connectivity index (χ1n) is 12.7. The van der Waals surface area contributed by atoms with Crippen molar-refractivity contribution in [1.82, 2.24) is 15.1 Å². The molecule has 0 aromatic carbocycles. The number of nitrogens with zero attached hydrogens (tertiary/aromatic N) is 2. The quantitative estimate of drug-likeness (QED) is 0.398. The molecule has 0 radical (unpaired) electrons. The van der Waals surface area contributed by atoms with E-state index in [1.807, 2.05) is 24.3 Å². The van der Waals surface area contributed by atoms with Crippen molar-refractivity contribution in [2.45, 2.75) is 90.4 Å². The summed E-state index contributed by atoms with van der Waals surface area (Å²) in [6.45, 7) is 13.0. The molecule has 1 aliphatic carbocycles. The molecule has 0 aromatic rings. The summed E-state index contributed by atoms with van der Waals surface area (Å²) in [4.78, 5) is 24.8. The number of nitrogens with one attached hydrogen (secondary N) is 1. The molecule has 3 rings (SSSR count). The molecule has 4 atom stereocenters. The lowest BCUT2D eigenvalue weighted by molar-refractivity contribution is -0.128. The van der Waals surface area contributed by atoms with Crippen LogP contribution in [0, 0.1) is 5.92 Å². The van der Waals surface area contributed by atoms with Crippen LogP contribution in [0.4, 0.5) is 4.79 Å². The van der Waals surface area contributed by atoms with Gasteiger partial charge >= 0.3 is 6.09 Å². The molecule has 1 spiro atoms. The fraction of sp³-hybridized carbons (Fsp3) is 0.846. The molecular weight excluding hydrogens is 434 g/mol. The van der Waals surface area contributed by atoms with E-state index in [4.69, 9.17) is 14.6 Å². The van der Waals surface area contributed by atoms with Gasteiger partial charge in [-0.25, -0.2) is 4.79 Å². The van der Waals surface area contributed by atoms with Gasteiger partial charge in [0, 0.05) is 26.1 Å². The second-order valence-corrected chi connectivity index (χ2v) is 10.4. The number of carboxylic acid groups (broad SMARTS) is 1. The van der Waals surface area contributed by atoms with Crippen LogP contribution in [0.2, 0.25) is 0 Å². The molecule has 8 heteroatoms. The smallest absolute Gasteiger partial charge is 0.405 e. The van der Waals surface area contributed by atoms with Crippen molar-refractivity contribution in [2.75, 3.05) is 47.4 Å². The van der Waals surface area contributed by atoms with Gasteiger partial charge in [0.2, 0.25) is 5.91 Å². The van der Waals surface area contributed by atoms with Gasteiger partial charge in [-0.2, -0.15) is 0 Å². The van der Waals surface area contributed by atoms with Crippen LogP contribution in [-0.2, 0) is 14.3 Å². The van der Waals surface area contributed by atoms with Crippen molar-refractivity contribution in [2.24, 2.45) is 5.92 Å². The summed E-state index contributed by atoms with van der Waals surface area (Å²) in [5, 5.41) is 10.3. The fourth-order valence-electron chi connectivity index (χ4n) is 4.42. The second kappa shape index (κ2) is 14.0. The SMILES string of the molecule is CC(C)=CCC1OC1(C)C1CCCCC12CO2.CCC.CN(C)CCN(C)C(=O)CNC(=O)O. The minimum Gasteiger partial charge on any atom is -0.465 e. The van der Waals surface area contributed by atoms with Crippen molar-refractivity contribution >= 4 is 12.0 Å². The molecular formula is C26H49N3O5. The molecule has 2 N–H and O–H groups in total. The van der Waals surface area contributed by atoms with E-state index in [1.165, 1.54) is 42.6 Å². The lowest BCUT2D eigenvalue weighted by Gasteiger charge is -2.32. The maximum atomic E-state index is 11.2. The summed E-state index contributed by atoms with van der Waals surface area (Å²) in [7, 11) is 5.47. The van der Waals surface area contributed by atoms with Gasteiger partial charge in [-0.3, -0.25) is 4.79 Å². The minimum absolute atomic E-state index is 0.100. The predicted molar refractivity (Wildman–Crippen MR) is 136 cm³/mol. The first kappa shape index (κ1) is 30.4. The summed E-state index contributed by atoms with van der Waals surface area (Å²) in [5.74, 6) is 0.411. The van der Waals surface area contributed by atoms with Crippen molar-refractivity contribution < 1.29 is 24.2 Å². The number of amides is 2. The van der Waals surface area contributed by atoms with Crippen molar-refractivity contribution in [3.05, 3.63) is 11.6 Å². The van der Waals surface area contributed by atoms with E-state index in [0.717, 1.165) is 19.6 Å². The van der Waals surface area contributed by atoms with E-state index in [0.29, 0.717) is 18.6 Å². The van der Waals surface area contributed by atoms with E-state index >= 15 is 0 Å². The third-order valence-corrected chi connectivity index (χ3v) is 6.60. The Morgan fingerprint density at radius 2 is 1.76 bits per heavy atom. The standard InChI is InChI=1S/C15H24O2.C8H17N3O3.C3H8/c1-11(2)7-8-13-14(3,17-13)12-6-4-5-9-15(12)10-16-15;1-10(2)4-5-11(3)7(12)6-9-8(13)14;1-3-2/h7,12-13H,4-6,8-10H2,1-3H3;9H,4-6H2,1-3H3,(H,13,14);3H2,1-2H3. The van der Waals surface area contributed by atoms with Crippen LogP contribution in [0.5, 0.6) is 0 Å². The first-order chi connectivity index (χ1) is 15.9. The summed E-state index contributed by atoms with van der Waals surface area (Å²) in [5.41, 5.74) is 1.71. The number of epoxide rings is 2. The molecule has 4 unspecified atom stereocenters. The Morgan fingerprint density at radius 3 is 2.26 bits per heavy atom. The predicted octanol–water partition coefficient (Wildman–Crippen LogP) is 4.15. The van der Waals surface area contributed by atoms with E-state index in [9.17, 15) is 9.59 Å². The molecule has 3 aliphatic rings. The molecule has 1 saturated carbocycles. The molecule has 34 heavy (non-hydrogen) atoms. The average molecular weight is 484 g/mol. The van der Waals surface area contributed by atoms with Gasteiger partial charge < -0.3 is 29.7 Å². The van der Waals surface area contributed by atoms with Crippen LogP contribution in [0.3, 0.4) is 0 Å². The number of allylic oxidation sites excluding steroid dienone is 1. The third kappa shape index (κ3) is 9.92. The highest BCUT2D eigenvalue weighted by atomic mass is 16.6. The molecule has 198 valence electrons. The topological polar surface area (TPSA) is 97.9 Å². The van der Waals surface area contributed by atoms with Crippen molar-refractivity contribution in [3.63, 3.8) is 0 Å². The molecule has 8 nitrogen and oxygen atoms in total. The van der Waals surface area contributed by atoms with E-state index < -0.39 is 6.09 Å². The van der Waals surface area contributed by atoms with Gasteiger partial charge in [0.15, 0.2) is 0 Å². The van der Waals surface area contributed by atoms with E-state index in [2.05, 4.69) is 40.7 Å².